The maximum absolute atomic E-state index is 12.1. The largest absolute Gasteiger partial charge is 0.298 e. The third kappa shape index (κ3) is 4.06. The SMILES string of the molecule is CC(C)(C)SCC(=O)Cc1ccnc2ccccc12. The molecule has 2 rings (SSSR count). The van der Waals surface area contributed by atoms with E-state index in [4.69, 9.17) is 0 Å². The van der Waals surface area contributed by atoms with Gasteiger partial charge in [-0.2, -0.15) is 0 Å². The molecule has 100 valence electrons. The van der Waals surface area contributed by atoms with Crippen LogP contribution in [0.1, 0.15) is 26.3 Å². The lowest BCUT2D eigenvalue weighted by molar-refractivity contribution is -0.116. The number of thioether (sulfide) groups is 1. The van der Waals surface area contributed by atoms with Crippen LogP contribution in [-0.4, -0.2) is 21.3 Å². The van der Waals surface area contributed by atoms with Crippen molar-refractivity contribution in [3.63, 3.8) is 0 Å². The van der Waals surface area contributed by atoms with Gasteiger partial charge in [0.25, 0.3) is 0 Å². The fourth-order valence-corrected chi connectivity index (χ4v) is 2.57. The van der Waals surface area contributed by atoms with Gasteiger partial charge in [-0.3, -0.25) is 9.78 Å². The fourth-order valence-electron chi connectivity index (χ4n) is 1.87. The number of ketones is 1. The molecule has 2 aromatic rings. The number of hydrogen-bond donors (Lipinski definition) is 0. The van der Waals surface area contributed by atoms with Crippen LogP contribution in [0, 0.1) is 0 Å². The second-order valence-electron chi connectivity index (χ2n) is 5.60. The van der Waals surface area contributed by atoms with Crippen LogP contribution in [0.4, 0.5) is 0 Å². The average Bonchev–Trinajstić information content (AvgIpc) is 2.36. The topological polar surface area (TPSA) is 30.0 Å². The molecule has 0 N–H and O–H groups in total. The maximum Gasteiger partial charge on any atom is 0.147 e. The van der Waals surface area contributed by atoms with Gasteiger partial charge in [0.15, 0.2) is 0 Å². The number of nitrogens with zero attached hydrogens (tertiary/aromatic N) is 1. The summed E-state index contributed by atoms with van der Waals surface area (Å²) in [6.45, 7) is 6.40. The molecule has 0 amide bonds. The summed E-state index contributed by atoms with van der Waals surface area (Å²) in [7, 11) is 0. The number of rotatable bonds is 4. The Hall–Kier alpha value is -1.35. The Bertz CT molecular complexity index is 581. The van der Waals surface area contributed by atoms with E-state index in [-0.39, 0.29) is 10.5 Å². The van der Waals surface area contributed by atoms with Gasteiger partial charge in [0.1, 0.15) is 5.78 Å². The van der Waals surface area contributed by atoms with Gasteiger partial charge in [0, 0.05) is 22.8 Å². The van der Waals surface area contributed by atoms with Gasteiger partial charge in [-0.1, -0.05) is 39.0 Å². The number of fused-ring (bicyclic) bond motifs is 1. The molecular formula is C16H19NOS. The van der Waals surface area contributed by atoms with Crippen molar-refractivity contribution < 1.29 is 4.79 Å². The number of hydrogen-bond acceptors (Lipinski definition) is 3. The molecule has 1 aromatic carbocycles. The molecule has 0 unspecified atom stereocenters. The lowest BCUT2D eigenvalue weighted by Crippen LogP contribution is -2.14. The zero-order valence-electron chi connectivity index (χ0n) is 11.6. The van der Waals surface area contributed by atoms with Gasteiger partial charge in [-0.15, -0.1) is 11.8 Å². The van der Waals surface area contributed by atoms with Gasteiger partial charge < -0.3 is 0 Å². The molecule has 0 bridgehead atoms. The van der Waals surface area contributed by atoms with Crippen molar-refractivity contribution in [2.24, 2.45) is 0 Å². The van der Waals surface area contributed by atoms with Gasteiger partial charge >= 0.3 is 0 Å². The van der Waals surface area contributed by atoms with Crippen LogP contribution in [0.25, 0.3) is 10.9 Å². The standard InChI is InChI=1S/C16H19NOS/c1-16(2,3)19-11-13(18)10-12-8-9-17-15-7-5-4-6-14(12)15/h4-9H,10-11H2,1-3H3. The second-order valence-corrected chi connectivity index (χ2v) is 7.41. The first-order chi connectivity index (χ1) is 8.96. The first kappa shape index (κ1) is 14.1. The Morgan fingerprint density at radius 2 is 1.95 bits per heavy atom. The summed E-state index contributed by atoms with van der Waals surface area (Å²) in [5, 5.41) is 1.08. The molecule has 1 aromatic heterocycles. The average molecular weight is 273 g/mol. The van der Waals surface area contributed by atoms with Crippen LogP contribution in [0.3, 0.4) is 0 Å². The van der Waals surface area contributed by atoms with Gasteiger partial charge in [0.05, 0.1) is 11.3 Å². The van der Waals surface area contributed by atoms with Crippen molar-refractivity contribution in [1.82, 2.24) is 4.98 Å². The molecule has 19 heavy (non-hydrogen) atoms. The number of pyridine rings is 1. The molecule has 0 spiro atoms. The first-order valence-electron chi connectivity index (χ1n) is 6.44. The minimum absolute atomic E-state index is 0.135. The third-order valence-corrected chi connectivity index (χ3v) is 4.13. The summed E-state index contributed by atoms with van der Waals surface area (Å²) in [6.07, 6.45) is 2.27. The Labute approximate surface area is 118 Å². The first-order valence-corrected chi connectivity index (χ1v) is 7.42. The molecule has 2 nitrogen and oxygen atoms in total. The number of carbonyl (C=O) groups excluding carboxylic acids is 1. The van der Waals surface area contributed by atoms with Crippen LogP contribution in [0.5, 0.6) is 0 Å². The van der Waals surface area contributed by atoms with Crippen molar-refractivity contribution >= 4 is 28.4 Å². The minimum Gasteiger partial charge on any atom is -0.298 e. The Morgan fingerprint density at radius 3 is 2.68 bits per heavy atom. The third-order valence-electron chi connectivity index (χ3n) is 2.79. The molecule has 0 aliphatic carbocycles. The van der Waals surface area contributed by atoms with E-state index in [1.54, 1.807) is 18.0 Å². The summed E-state index contributed by atoms with van der Waals surface area (Å²) in [4.78, 5) is 16.4. The molecule has 0 aliphatic rings. The molecule has 0 saturated heterocycles. The monoisotopic (exact) mass is 273 g/mol. The molecule has 0 aliphatic heterocycles. The molecule has 0 atom stereocenters. The second kappa shape index (κ2) is 5.74. The number of benzene rings is 1. The van der Waals surface area contributed by atoms with E-state index in [9.17, 15) is 4.79 Å². The van der Waals surface area contributed by atoms with Crippen molar-refractivity contribution in [2.75, 3.05) is 5.75 Å². The Morgan fingerprint density at radius 1 is 1.21 bits per heavy atom. The highest BCUT2D eigenvalue weighted by molar-refractivity contribution is 8.01. The zero-order chi connectivity index (χ0) is 13.9. The summed E-state index contributed by atoms with van der Waals surface area (Å²) in [5.41, 5.74) is 2.03. The molecule has 0 fully saturated rings. The van der Waals surface area contributed by atoms with E-state index in [0.29, 0.717) is 12.2 Å². The minimum atomic E-state index is 0.135. The highest BCUT2D eigenvalue weighted by Gasteiger charge is 2.14. The lowest BCUT2D eigenvalue weighted by atomic mass is 10.0. The van der Waals surface area contributed by atoms with Crippen molar-refractivity contribution in [2.45, 2.75) is 31.9 Å². The summed E-state index contributed by atoms with van der Waals surface area (Å²) >= 11 is 1.70. The predicted molar refractivity (Wildman–Crippen MR) is 82.7 cm³/mol. The molecule has 0 saturated carbocycles. The number of aromatic nitrogens is 1. The van der Waals surface area contributed by atoms with Gasteiger partial charge in [-0.25, -0.2) is 0 Å². The van der Waals surface area contributed by atoms with Crippen LogP contribution < -0.4 is 0 Å². The number of Topliss-reactive ketones (excluding diaryl/α,β-unsaturated/α-hetero) is 1. The summed E-state index contributed by atoms with van der Waals surface area (Å²) in [5.74, 6) is 0.844. The lowest BCUT2D eigenvalue weighted by Gasteiger charge is -2.16. The summed E-state index contributed by atoms with van der Waals surface area (Å²) in [6, 6.07) is 9.91. The molecular weight excluding hydrogens is 254 g/mol. The quantitative estimate of drug-likeness (QED) is 0.847. The van der Waals surface area contributed by atoms with Crippen LogP contribution in [0.2, 0.25) is 0 Å². The zero-order valence-corrected chi connectivity index (χ0v) is 12.5. The van der Waals surface area contributed by atoms with Crippen molar-refractivity contribution in [3.05, 3.63) is 42.1 Å². The molecule has 1 heterocycles. The van der Waals surface area contributed by atoms with Crippen molar-refractivity contribution in [3.8, 4) is 0 Å². The maximum atomic E-state index is 12.1. The van der Waals surface area contributed by atoms with Crippen LogP contribution >= 0.6 is 11.8 Å². The summed E-state index contributed by atoms with van der Waals surface area (Å²) < 4.78 is 0.135. The molecule has 3 heteroatoms. The van der Waals surface area contributed by atoms with E-state index in [2.05, 4.69) is 25.8 Å². The highest BCUT2D eigenvalue weighted by atomic mass is 32.2. The molecule has 0 radical (unpaired) electrons. The van der Waals surface area contributed by atoms with E-state index in [0.717, 1.165) is 16.5 Å². The van der Waals surface area contributed by atoms with E-state index in [1.807, 2.05) is 30.3 Å². The van der Waals surface area contributed by atoms with Gasteiger partial charge in [0.2, 0.25) is 0 Å². The van der Waals surface area contributed by atoms with Crippen LogP contribution in [-0.2, 0) is 11.2 Å². The Kier molecular flexibility index (Phi) is 4.25. The fraction of sp³-hybridized carbons (Fsp3) is 0.375. The predicted octanol–water partition coefficient (Wildman–Crippen LogP) is 3.88. The van der Waals surface area contributed by atoms with Crippen LogP contribution in [0.15, 0.2) is 36.5 Å². The number of para-hydroxylation sites is 1. The van der Waals surface area contributed by atoms with E-state index >= 15 is 0 Å². The highest BCUT2D eigenvalue weighted by Crippen LogP contribution is 2.24. The van der Waals surface area contributed by atoms with E-state index < -0.39 is 0 Å². The van der Waals surface area contributed by atoms with E-state index in [1.165, 1.54) is 0 Å². The normalized spacial score (nSPS) is 11.7. The Balaban J connectivity index is 2.11. The number of carbonyl (C=O) groups is 1. The van der Waals surface area contributed by atoms with Crippen molar-refractivity contribution in [1.29, 1.82) is 0 Å². The van der Waals surface area contributed by atoms with Gasteiger partial charge in [-0.05, 0) is 17.7 Å². The smallest absolute Gasteiger partial charge is 0.147 e.